The van der Waals surface area contributed by atoms with Gasteiger partial charge in [-0.3, -0.25) is 4.79 Å². The quantitative estimate of drug-likeness (QED) is 0.625. The highest BCUT2D eigenvalue weighted by Crippen LogP contribution is 2.16. The fourth-order valence-corrected chi connectivity index (χ4v) is 2.04. The number of carbonyl (C=O) groups excluding carboxylic acids is 1. The Morgan fingerprint density at radius 1 is 1.11 bits per heavy atom. The summed E-state index contributed by atoms with van der Waals surface area (Å²) in [6.45, 7) is 8.68. The van der Waals surface area contributed by atoms with Gasteiger partial charge in [0.05, 0.1) is 26.2 Å². The van der Waals surface area contributed by atoms with E-state index in [1.165, 1.54) is 0 Å². The summed E-state index contributed by atoms with van der Waals surface area (Å²) in [5.74, 6) is 0.998. The van der Waals surface area contributed by atoms with Crippen LogP contribution in [-0.4, -0.2) is 50.3 Å². The molecule has 1 saturated heterocycles. The molecule has 4 heteroatoms. The van der Waals surface area contributed by atoms with Crippen molar-refractivity contribution < 1.29 is 14.3 Å². The molecule has 0 radical (unpaired) electrons. The van der Waals surface area contributed by atoms with Crippen molar-refractivity contribution in [3.8, 4) is 0 Å². The highest BCUT2D eigenvalue weighted by atomic mass is 16.5. The van der Waals surface area contributed by atoms with E-state index in [-0.39, 0.29) is 5.91 Å². The van der Waals surface area contributed by atoms with Crippen molar-refractivity contribution >= 4 is 5.91 Å². The summed E-state index contributed by atoms with van der Waals surface area (Å²) >= 11 is 0. The molecule has 0 aliphatic carbocycles. The Balaban J connectivity index is 1.96. The molecule has 18 heavy (non-hydrogen) atoms. The molecule has 0 N–H and O–H groups in total. The minimum absolute atomic E-state index is 0.233. The highest BCUT2D eigenvalue weighted by Gasteiger charge is 2.19. The number of ether oxygens (including phenoxy) is 2. The van der Waals surface area contributed by atoms with Crippen LogP contribution in [0.3, 0.4) is 0 Å². The Morgan fingerprint density at radius 2 is 1.72 bits per heavy atom. The summed E-state index contributed by atoms with van der Waals surface area (Å²) in [7, 11) is 0. The van der Waals surface area contributed by atoms with E-state index in [1.54, 1.807) is 0 Å². The smallest absolute Gasteiger partial charge is 0.224 e. The van der Waals surface area contributed by atoms with Crippen molar-refractivity contribution in [1.82, 2.24) is 4.90 Å². The topological polar surface area (TPSA) is 38.8 Å². The highest BCUT2D eigenvalue weighted by molar-refractivity contribution is 5.76. The van der Waals surface area contributed by atoms with Crippen LogP contribution in [0.15, 0.2) is 0 Å². The first kappa shape index (κ1) is 15.4. The molecule has 1 amide bonds. The van der Waals surface area contributed by atoms with Crippen LogP contribution in [-0.2, 0) is 14.3 Å². The molecule has 0 aromatic heterocycles. The molecular formula is C14H27NO3. The van der Waals surface area contributed by atoms with Crippen LogP contribution in [0, 0.1) is 5.92 Å². The van der Waals surface area contributed by atoms with Gasteiger partial charge in [-0.25, -0.2) is 0 Å². The molecule has 0 spiro atoms. The molecule has 0 saturated carbocycles. The molecule has 1 aliphatic rings. The van der Waals surface area contributed by atoms with Crippen LogP contribution in [0.25, 0.3) is 0 Å². The van der Waals surface area contributed by atoms with E-state index < -0.39 is 0 Å². The van der Waals surface area contributed by atoms with Crippen LogP contribution in [0.4, 0.5) is 0 Å². The van der Waals surface area contributed by atoms with Gasteiger partial charge in [0.25, 0.3) is 0 Å². The largest absolute Gasteiger partial charge is 0.379 e. The zero-order valence-corrected chi connectivity index (χ0v) is 11.8. The Bertz CT molecular complexity index is 225. The van der Waals surface area contributed by atoms with Gasteiger partial charge in [-0.05, 0) is 25.2 Å². The molecule has 0 aromatic rings. The van der Waals surface area contributed by atoms with Gasteiger partial charge in [0, 0.05) is 19.7 Å². The number of nitrogens with zero attached hydrogens (tertiary/aromatic N) is 1. The minimum Gasteiger partial charge on any atom is -0.379 e. The molecule has 0 atom stereocenters. The van der Waals surface area contributed by atoms with Crippen molar-refractivity contribution in [2.75, 3.05) is 39.5 Å². The van der Waals surface area contributed by atoms with Gasteiger partial charge in [-0.1, -0.05) is 13.8 Å². The lowest BCUT2D eigenvalue weighted by Gasteiger charge is -2.30. The summed E-state index contributed by atoms with van der Waals surface area (Å²) in [4.78, 5) is 13.8. The predicted molar refractivity (Wildman–Crippen MR) is 71.5 cm³/mol. The van der Waals surface area contributed by atoms with E-state index >= 15 is 0 Å². The number of likely N-dealkylation sites (tertiary alicyclic amines) is 1. The summed E-state index contributed by atoms with van der Waals surface area (Å²) in [6.07, 6.45) is 3.81. The van der Waals surface area contributed by atoms with E-state index in [0.717, 1.165) is 44.9 Å². The van der Waals surface area contributed by atoms with E-state index in [4.69, 9.17) is 9.47 Å². The minimum atomic E-state index is 0.233. The van der Waals surface area contributed by atoms with Crippen molar-refractivity contribution in [1.29, 1.82) is 0 Å². The number of hydrogen-bond acceptors (Lipinski definition) is 3. The monoisotopic (exact) mass is 257 g/mol. The van der Waals surface area contributed by atoms with Crippen LogP contribution >= 0.6 is 0 Å². The third kappa shape index (κ3) is 6.36. The molecule has 0 aromatic carbocycles. The molecule has 1 heterocycles. The zero-order valence-electron chi connectivity index (χ0n) is 11.8. The Hall–Kier alpha value is -0.610. The third-order valence-corrected chi connectivity index (χ3v) is 3.32. The van der Waals surface area contributed by atoms with Crippen LogP contribution in [0.5, 0.6) is 0 Å². The number of rotatable bonds is 8. The first-order valence-corrected chi connectivity index (χ1v) is 7.17. The lowest BCUT2D eigenvalue weighted by Crippen LogP contribution is -2.38. The summed E-state index contributed by atoms with van der Waals surface area (Å²) < 4.78 is 10.7. The second kappa shape index (κ2) is 9.34. The van der Waals surface area contributed by atoms with Crippen molar-refractivity contribution in [2.24, 2.45) is 5.92 Å². The average molecular weight is 257 g/mol. The van der Waals surface area contributed by atoms with Crippen LogP contribution in [0.2, 0.25) is 0 Å². The van der Waals surface area contributed by atoms with Crippen molar-refractivity contribution in [3.05, 3.63) is 0 Å². The summed E-state index contributed by atoms with van der Waals surface area (Å²) in [5, 5.41) is 0. The lowest BCUT2D eigenvalue weighted by atomic mass is 9.99. The predicted octanol–water partition coefficient (Wildman–Crippen LogP) is 2.08. The molecule has 4 nitrogen and oxygen atoms in total. The SMILES string of the molecule is CCCOCCOCCC(=O)N1CCC(C)CC1. The molecule has 106 valence electrons. The first-order chi connectivity index (χ1) is 8.74. The number of piperidine rings is 1. The first-order valence-electron chi connectivity index (χ1n) is 7.17. The van der Waals surface area contributed by atoms with Gasteiger partial charge < -0.3 is 14.4 Å². The van der Waals surface area contributed by atoms with E-state index in [2.05, 4.69) is 13.8 Å². The number of hydrogen-bond donors (Lipinski definition) is 0. The van der Waals surface area contributed by atoms with Gasteiger partial charge in [0.2, 0.25) is 5.91 Å². The van der Waals surface area contributed by atoms with Gasteiger partial charge in [-0.15, -0.1) is 0 Å². The van der Waals surface area contributed by atoms with E-state index in [1.807, 2.05) is 4.90 Å². The number of amides is 1. The standard InChI is InChI=1S/C14H27NO3/c1-3-9-17-11-12-18-10-6-14(16)15-7-4-13(2)5-8-15/h13H,3-12H2,1-2H3. The molecule has 1 aliphatic heterocycles. The Morgan fingerprint density at radius 3 is 2.33 bits per heavy atom. The van der Waals surface area contributed by atoms with Gasteiger partial charge in [0.1, 0.15) is 0 Å². The van der Waals surface area contributed by atoms with E-state index in [9.17, 15) is 4.79 Å². The average Bonchev–Trinajstić information content (AvgIpc) is 2.38. The molecule has 1 rings (SSSR count). The fraction of sp³-hybridized carbons (Fsp3) is 0.929. The van der Waals surface area contributed by atoms with Crippen molar-refractivity contribution in [2.45, 2.75) is 39.5 Å². The van der Waals surface area contributed by atoms with Gasteiger partial charge in [-0.2, -0.15) is 0 Å². The molecule has 0 unspecified atom stereocenters. The Kier molecular flexibility index (Phi) is 8.01. The molecule has 1 fully saturated rings. The maximum Gasteiger partial charge on any atom is 0.224 e. The van der Waals surface area contributed by atoms with Gasteiger partial charge in [0.15, 0.2) is 0 Å². The Labute approximate surface area is 111 Å². The maximum absolute atomic E-state index is 11.9. The summed E-state index contributed by atoms with van der Waals surface area (Å²) in [6, 6.07) is 0. The fourth-order valence-electron chi connectivity index (χ4n) is 2.04. The molecule has 0 bridgehead atoms. The second-order valence-corrected chi connectivity index (χ2v) is 5.04. The molecular weight excluding hydrogens is 230 g/mol. The van der Waals surface area contributed by atoms with Crippen LogP contribution in [0.1, 0.15) is 39.5 Å². The van der Waals surface area contributed by atoms with Crippen molar-refractivity contribution in [3.63, 3.8) is 0 Å². The zero-order chi connectivity index (χ0) is 13.2. The van der Waals surface area contributed by atoms with Crippen LogP contribution < -0.4 is 0 Å². The lowest BCUT2D eigenvalue weighted by molar-refractivity contribution is -0.133. The third-order valence-electron chi connectivity index (χ3n) is 3.32. The summed E-state index contributed by atoms with van der Waals surface area (Å²) in [5.41, 5.74) is 0. The van der Waals surface area contributed by atoms with Gasteiger partial charge >= 0.3 is 0 Å². The maximum atomic E-state index is 11.9. The normalized spacial score (nSPS) is 17.1. The number of carbonyl (C=O) groups is 1. The second-order valence-electron chi connectivity index (χ2n) is 5.04. The van der Waals surface area contributed by atoms with E-state index in [0.29, 0.717) is 26.2 Å².